The molecule has 0 radical (unpaired) electrons. The van der Waals surface area contributed by atoms with Crippen LogP contribution < -0.4 is 0 Å². The molecule has 1 aromatic heterocycles. The molecule has 0 aliphatic carbocycles. The van der Waals surface area contributed by atoms with Gasteiger partial charge in [-0.1, -0.05) is 0 Å². The Morgan fingerprint density at radius 3 is 2.67 bits per heavy atom. The summed E-state index contributed by atoms with van der Waals surface area (Å²) in [6, 6.07) is 0.483. The topological polar surface area (TPSA) is 74.7 Å². The van der Waals surface area contributed by atoms with Crippen molar-refractivity contribution in [3.05, 3.63) is 13.6 Å². The zero-order valence-corrected chi connectivity index (χ0v) is 14.3. The third-order valence-corrected chi connectivity index (χ3v) is 8.12. The van der Waals surface area contributed by atoms with Crippen LogP contribution in [0.1, 0.15) is 0 Å². The van der Waals surface area contributed by atoms with Crippen molar-refractivity contribution in [3.63, 3.8) is 0 Å². The molecule has 2 rings (SSSR count). The van der Waals surface area contributed by atoms with Crippen LogP contribution in [-0.2, 0) is 14.8 Å². The number of rotatable bonds is 3. The molecule has 1 unspecified atom stereocenters. The Kier molecular flexibility index (Phi) is 4.44. The Hall–Kier alpha value is 0.390. The highest BCUT2D eigenvalue weighted by Gasteiger charge is 2.41. The maximum absolute atomic E-state index is 12.4. The quantitative estimate of drug-likeness (QED) is 0.787. The molecule has 0 aromatic carbocycles. The molecule has 18 heavy (non-hydrogen) atoms. The summed E-state index contributed by atoms with van der Waals surface area (Å²) in [5, 5.41) is 9.03. The maximum atomic E-state index is 12.4. The summed E-state index contributed by atoms with van der Waals surface area (Å²) in [5.41, 5.74) is 0. The molecule has 0 amide bonds. The van der Waals surface area contributed by atoms with Crippen LogP contribution in [-0.4, -0.2) is 41.5 Å². The number of carboxylic acid groups (broad SMARTS) is 1. The standard InChI is InChI=1S/C8H7Br2NO4S3/c9-6-1-5(7(10)17-6)18(14,15)11-3-16-2-4(11)8(12)13/h1,4H,2-3H2,(H,12,13). The van der Waals surface area contributed by atoms with Crippen molar-refractivity contribution in [1.82, 2.24) is 4.31 Å². The Labute approximate surface area is 129 Å². The van der Waals surface area contributed by atoms with Crippen LogP contribution in [0.5, 0.6) is 0 Å². The van der Waals surface area contributed by atoms with Gasteiger partial charge in [-0.25, -0.2) is 8.42 Å². The van der Waals surface area contributed by atoms with E-state index < -0.39 is 22.0 Å². The van der Waals surface area contributed by atoms with Gasteiger partial charge < -0.3 is 5.11 Å². The number of aliphatic carboxylic acids is 1. The zero-order valence-electron chi connectivity index (χ0n) is 8.67. The summed E-state index contributed by atoms with van der Waals surface area (Å²) in [6.45, 7) is 0. The maximum Gasteiger partial charge on any atom is 0.322 e. The van der Waals surface area contributed by atoms with Gasteiger partial charge in [-0.05, 0) is 37.9 Å². The van der Waals surface area contributed by atoms with Crippen LogP contribution in [0, 0.1) is 0 Å². The highest BCUT2D eigenvalue weighted by Crippen LogP contribution is 2.38. The summed E-state index contributed by atoms with van der Waals surface area (Å²) in [5.74, 6) is -0.676. The molecule has 1 N–H and O–H groups in total. The zero-order chi connectivity index (χ0) is 13.5. The first-order valence-electron chi connectivity index (χ1n) is 4.61. The van der Waals surface area contributed by atoms with Crippen molar-refractivity contribution >= 4 is 71.0 Å². The van der Waals surface area contributed by atoms with E-state index in [-0.39, 0.29) is 16.5 Å². The molecule has 0 bridgehead atoms. The molecule has 5 nitrogen and oxygen atoms in total. The molecule has 1 aliphatic rings. The summed E-state index contributed by atoms with van der Waals surface area (Å²) in [4.78, 5) is 11.1. The van der Waals surface area contributed by atoms with Gasteiger partial charge in [-0.3, -0.25) is 4.79 Å². The van der Waals surface area contributed by atoms with Gasteiger partial charge in [0.15, 0.2) is 0 Å². The van der Waals surface area contributed by atoms with Gasteiger partial charge in [-0.15, -0.1) is 23.1 Å². The monoisotopic (exact) mass is 435 g/mol. The third kappa shape index (κ3) is 2.63. The predicted molar refractivity (Wildman–Crippen MR) is 77.5 cm³/mol. The van der Waals surface area contributed by atoms with Crippen molar-refractivity contribution in [2.24, 2.45) is 0 Å². The smallest absolute Gasteiger partial charge is 0.322 e. The predicted octanol–water partition coefficient (Wildman–Crippen LogP) is 2.42. The molecule has 100 valence electrons. The van der Waals surface area contributed by atoms with E-state index in [1.54, 1.807) is 0 Å². The van der Waals surface area contributed by atoms with Crippen molar-refractivity contribution in [2.45, 2.75) is 10.9 Å². The minimum absolute atomic E-state index is 0.105. The lowest BCUT2D eigenvalue weighted by Crippen LogP contribution is -2.41. The Morgan fingerprint density at radius 1 is 1.50 bits per heavy atom. The highest BCUT2D eigenvalue weighted by atomic mass is 79.9. The van der Waals surface area contributed by atoms with Crippen LogP contribution in [0.2, 0.25) is 0 Å². The van der Waals surface area contributed by atoms with Gasteiger partial charge in [0.25, 0.3) is 0 Å². The number of nitrogens with zero attached hydrogens (tertiary/aromatic N) is 1. The molecule has 1 fully saturated rings. The molecule has 1 atom stereocenters. The first-order chi connectivity index (χ1) is 8.34. The normalized spacial score (nSPS) is 21.3. The average Bonchev–Trinajstić information content (AvgIpc) is 2.84. The number of thioether (sulfide) groups is 1. The molecule has 1 aromatic rings. The number of carbonyl (C=O) groups is 1. The van der Waals surface area contributed by atoms with Gasteiger partial charge in [0, 0.05) is 5.75 Å². The van der Waals surface area contributed by atoms with Crippen LogP contribution in [0.3, 0.4) is 0 Å². The van der Waals surface area contributed by atoms with Crippen molar-refractivity contribution in [1.29, 1.82) is 0 Å². The second kappa shape index (κ2) is 5.41. The van der Waals surface area contributed by atoms with E-state index in [2.05, 4.69) is 31.9 Å². The fourth-order valence-corrected chi connectivity index (χ4v) is 8.38. The van der Waals surface area contributed by atoms with Gasteiger partial charge >= 0.3 is 5.97 Å². The van der Waals surface area contributed by atoms with E-state index in [0.29, 0.717) is 7.57 Å². The fraction of sp³-hybridized carbons (Fsp3) is 0.375. The summed E-state index contributed by atoms with van der Waals surface area (Å²) < 4.78 is 26.9. The lowest BCUT2D eigenvalue weighted by atomic mass is 10.4. The molecule has 2 heterocycles. The van der Waals surface area contributed by atoms with E-state index in [1.165, 1.54) is 29.2 Å². The van der Waals surface area contributed by atoms with Gasteiger partial charge in [0.2, 0.25) is 10.0 Å². The molecule has 0 saturated carbocycles. The third-order valence-electron chi connectivity index (χ3n) is 2.34. The molecule has 0 spiro atoms. The average molecular weight is 437 g/mol. The Balaban J connectivity index is 2.43. The largest absolute Gasteiger partial charge is 0.480 e. The molecule has 10 heteroatoms. The van der Waals surface area contributed by atoms with Crippen LogP contribution in [0.15, 0.2) is 18.5 Å². The second-order valence-corrected chi connectivity index (χ2v) is 10.0. The van der Waals surface area contributed by atoms with Crippen LogP contribution in [0.25, 0.3) is 0 Å². The van der Waals surface area contributed by atoms with Crippen molar-refractivity contribution in [3.8, 4) is 0 Å². The van der Waals surface area contributed by atoms with E-state index in [0.717, 1.165) is 4.31 Å². The molecular formula is C8H7Br2NO4S3. The molecule has 1 saturated heterocycles. The lowest BCUT2D eigenvalue weighted by molar-refractivity contribution is -0.140. The van der Waals surface area contributed by atoms with Gasteiger partial charge in [0.05, 0.1) is 13.4 Å². The first kappa shape index (κ1) is 14.8. The number of hydrogen-bond donors (Lipinski definition) is 1. The Morgan fingerprint density at radius 2 is 2.17 bits per heavy atom. The second-order valence-electron chi connectivity index (χ2n) is 3.43. The molecule has 1 aliphatic heterocycles. The van der Waals surface area contributed by atoms with Crippen molar-refractivity contribution in [2.75, 3.05) is 11.6 Å². The van der Waals surface area contributed by atoms with Crippen molar-refractivity contribution < 1.29 is 18.3 Å². The van der Waals surface area contributed by atoms with E-state index >= 15 is 0 Å². The van der Waals surface area contributed by atoms with E-state index in [4.69, 9.17) is 5.11 Å². The summed E-state index contributed by atoms with van der Waals surface area (Å²) >= 11 is 8.93. The number of hydrogen-bond acceptors (Lipinski definition) is 5. The lowest BCUT2D eigenvalue weighted by Gasteiger charge is -2.19. The highest BCUT2D eigenvalue weighted by molar-refractivity contribution is 9.12. The van der Waals surface area contributed by atoms with E-state index in [1.807, 2.05) is 0 Å². The van der Waals surface area contributed by atoms with Crippen LogP contribution in [0.4, 0.5) is 0 Å². The van der Waals surface area contributed by atoms with E-state index in [9.17, 15) is 13.2 Å². The first-order valence-corrected chi connectivity index (χ1v) is 9.61. The van der Waals surface area contributed by atoms with Gasteiger partial charge in [-0.2, -0.15) is 4.31 Å². The minimum atomic E-state index is -3.78. The Bertz CT molecular complexity index is 585. The summed E-state index contributed by atoms with van der Waals surface area (Å²) in [6.07, 6.45) is 0. The number of carboxylic acids is 1. The van der Waals surface area contributed by atoms with Crippen LogP contribution >= 0.6 is 55.0 Å². The summed E-state index contributed by atoms with van der Waals surface area (Å²) in [7, 11) is -3.78. The number of thiophene rings is 1. The number of sulfonamides is 1. The minimum Gasteiger partial charge on any atom is -0.480 e. The molecular weight excluding hydrogens is 430 g/mol. The van der Waals surface area contributed by atoms with Gasteiger partial charge in [0.1, 0.15) is 10.9 Å². The fourth-order valence-electron chi connectivity index (χ4n) is 1.49. The SMILES string of the molecule is O=C(O)C1CSCN1S(=O)(=O)c1cc(Br)sc1Br. The number of halogens is 2.